The molecule has 0 aromatic heterocycles. The summed E-state index contributed by atoms with van der Waals surface area (Å²) in [7, 11) is 3.95. The number of hydrogen-bond acceptors (Lipinski definition) is 3. The number of benzene rings is 1. The van der Waals surface area contributed by atoms with Crippen LogP contribution in [0.4, 0.5) is 0 Å². The minimum atomic E-state index is 0.139. The fourth-order valence-electron chi connectivity index (χ4n) is 2.22. The maximum Gasteiger partial charge on any atom is 0.0474 e. The molecule has 0 aliphatic heterocycles. The van der Waals surface area contributed by atoms with E-state index >= 15 is 0 Å². The summed E-state index contributed by atoms with van der Waals surface area (Å²) in [6, 6.07) is 11.1. The second-order valence-electron chi connectivity index (χ2n) is 6.38. The van der Waals surface area contributed by atoms with Crippen LogP contribution in [-0.4, -0.2) is 44.3 Å². The van der Waals surface area contributed by atoms with Crippen molar-refractivity contribution in [2.24, 2.45) is 0 Å². The van der Waals surface area contributed by atoms with Gasteiger partial charge in [0.25, 0.3) is 0 Å². The first-order valence-corrected chi connectivity index (χ1v) is 7.43. The third kappa shape index (κ3) is 6.51. The summed E-state index contributed by atoms with van der Waals surface area (Å²) in [6.07, 6.45) is 1.06. The van der Waals surface area contributed by atoms with Crippen LogP contribution in [0.3, 0.4) is 0 Å². The fourth-order valence-corrected chi connectivity index (χ4v) is 2.22. The average molecular weight is 278 g/mol. The lowest BCUT2D eigenvalue weighted by atomic mass is 10.0. The molecule has 0 spiro atoms. The summed E-state index contributed by atoms with van der Waals surface area (Å²) in [5, 5.41) is 3.62. The number of nitrogens with one attached hydrogen (secondary N) is 1. The van der Waals surface area contributed by atoms with Crippen LogP contribution in [0.25, 0.3) is 0 Å². The molecule has 1 aromatic carbocycles. The van der Waals surface area contributed by atoms with Gasteiger partial charge < -0.3 is 10.1 Å². The number of ether oxygens (including phenoxy) is 1. The molecule has 3 nitrogen and oxygen atoms in total. The van der Waals surface area contributed by atoms with E-state index in [1.54, 1.807) is 7.11 Å². The van der Waals surface area contributed by atoms with Crippen LogP contribution >= 0.6 is 0 Å². The molecule has 0 radical (unpaired) electrons. The highest BCUT2D eigenvalue weighted by atomic mass is 16.5. The van der Waals surface area contributed by atoms with Crippen LogP contribution in [0, 0.1) is 0 Å². The molecule has 20 heavy (non-hydrogen) atoms. The number of likely N-dealkylation sites (N-methyl/N-ethyl adjacent to an activating group) is 1. The molecule has 1 N–H and O–H groups in total. The summed E-state index contributed by atoms with van der Waals surface area (Å²) in [5.41, 5.74) is 1.50. The topological polar surface area (TPSA) is 24.5 Å². The highest BCUT2D eigenvalue weighted by molar-refractivity contribution is 5.19. The predicted molar refractivity (Wildman–Crippen MR) is 86.1 cm³/mol. The molecule has 0 fully saturated rings. The summed E-state index contributed by atoms with van der Waals surface area (Å²) in [4.78, 5) is 2.41. The van der Waals surface area contributed by atoms with Crippen LogP contribution in [0.5, 0.6) is 0 Å². The second kappa shape index (κ2) is 8.40. The molecule has 0 heterocycles. The average Bonchev–Trinajstić information content (AvgIpc) is 2.39. The maximum atomic E-state index is 5.15. The van der Waals surface area contributed by atoms with Crippen molar-refractivity contribution < 1.29 is 4.74 Å². The van der Waals surface area contributed by atoms with Crippen molar-refractivity contribution in [3.63, 3.8) is 0 Å². The normalized spacial score (nSPS) is 13.7. The van der Waals surface area contributed by atoms with Gasteiger partial charge in [-0.15, -0.1) is 0 Å². The van der Waals surface area contributed by atoms with Gasteiger partial charge in [0, 0.05) is 38.4 Å². The van der Waals surface area contributed by atoms with Gasteiger partial charge >= 0.3 is 0 Å². The van der Waals surface area contributed by atoms with Crippen LogP contribution in [-0.2, 0) is 4.74 Å². The standard InChI is InChI=1S/C17H30N2O/c1-17(2,3)18-14-16(15-10-7-6-8-11-15)19(4)12-9-13-20-5/h6-8,10-11,16,18H,9,12-14H2,1-5H3. The van der Waals surface area contributed by atoms with Gasteiger partial charge in [-0.1, -0.05) is 30.3 Å². The molecule has 114 valence electrons. The fraction of sp³-hybridized carbons (Fsp3) is 0.647. The van der Waals surface area contributed by atoms with Crippen LogP contribution < -0.4 is 5.32 Å². The summed E-state index contributed by atoms with van der Waals surface area (Å²) < 4.78 is 5.15. The van der Waals surface area contributed by atoms with Gasteiger partial charge in [0.15, 0.2) is 0 Å². The Kier molecular flexibility index (Phi) is 7.20. The van der Waals surface area contributed by atoms with Gasteiger partial charge in [0.2, 0.25) is 0 Å². The summed E-state index contributed by atoms with van der Waals surface area (Å²) >= 11 is 0. The van der Waals surface area contributed by atoms with Gasteiger partial charge in [0.1, 0.15) is 0 Å². The van der Waals surface area contributed by atoms with Crippen molar-refractivity contribution in [1.82, 2.24) is 10.2 Å². The largest absolute Gasteiger partial charge is 0.385 e. The van der Waals surface area contributed by atoms with Crippen molar-refractivity contribution in [1.29, 1.82) is 0 Å². The van der Waals surface area contributed by atoms with Crippen molar-refractivity contribution >= 4 is 0 Å². The van der Waals surface area contributed by atoms with E-state index in [1.807, 2.05) is 0 Å². The van der Waals surface area contributed by atoms with Crippen LogP contribution in [0.2, 0.25) is 0 Å². The number of rotatable bonds is 8. The highest BCUT2D eigenvalue weighted by Crippen LogP contribution is 2.19. The van der Waals surface area contributed by atoms with E-state index in [4.69, 9.17) is 4.74 Å². The third-order valence-corrected chi connectivity index (χ3v) is 3.40. The van der Waals surface area contributed by atoms with E-state index in [0.717, 1.165) is 26.1 Å². The zero-order chi connectivity index (χ0) is 15.0. The zero-order valence-corrected chi connectivity index (χ0v) is 13.6. The molecule has 0 aliphatic carbocycles. The second-order valence-corrected chi connectivity index (χ2v) is 6.38. The Morgan fingerprint density at radius 3 is 2.40 bits per heavy atom. The van der Waals surface area contributed by atoms with Gasteiger partial charge in [-0.05, 0) is 39.8 Å². The molecule has 1 atom stereocenters. The Morgan fingerprint density at radius 2 is 1.85 bits per heavy atom. The summed E-state index contributed by atoms with van der Waals surface area (Å²) in [6.45, 7) is 9.44. The molecular weight excluding hydrogens is 248 g/mol. The molecule has 1 aromatic rings. The lowest BCUT2D eigenvalue weighted by Gasteiger charge is -2.32. The van der Waals surface area contributed by atoms with Crippen molar-refractivity contribution in [2.45, 2.75) is 38.8 Å². The van der Waals surface area contributed by atoms with Crippen LogP contribution in [0.15, 0.2) is 30.3 Å². The monoisotopic (exact) mass is 278 g/mol. The minimum absolute atomic E-state index is 0.139. The molecular formula is C17H30N2O. The van der Waals surface area contributed by atoms with E-state index in [-0.39, 0.29) is 5.54 Å². The molecule has 1 rings (SSSR count). The van der Waals surface area contributed by atoms with E-state index in [9.17, 15) is 0 Å². The molecule has 0 saturated carbocycles. The predicted octanol–water partition coefficient (Wildman–Crippen LogP) is 3.08. The van der Waals surface area contributed by atoms with Gasteiger partial charge in [-0.2, -0.15) is 0 Å². The molecule has 3 heteroatoms. The summed E-state index contributed by atoms with van der Waals surface area (Å²) in [5.74, 6) is 0. The Hall–Kier alpha value is -0.900. The Labute approximate surface area is 124 Å². The first-order valence-electron chi connectivity index (χ1n) is 7.43. The number of methoxy groups -OCH3 is 1. The first kappa shape index (κ1) is 17.2. The van der Waals surface area contributed by atoms with E-state index in [2.05, 4.69) is 68.4 Å². The molecule has 0 amide bonds. The molecule has 0 saturated heterocycles. The van der Waals surface area contributed by atoms with Crippen molar-refractivity contribution in [2.75, 3.05) is 33.9 Å². The minimum Gasteiger partial charge on any atom is -0.385 e. The Balaban J connectivity index is 2.68. The SMILES string of the molecule is COCCCN(C)C(CNC(C)(C)C)c1ccccc1. The lowest BCUT2D eigenvalue weighted by molar-refractivity contribution is 0.161. The third-order valence-electron chi connectivity index (χ3n) is 3.40. The molecule has 0 aliphatic rings. The smallest absolute Gasteiger partial charge is 0.0474 e. The van der Waals surface area contributed by atoms with Gasteiger partial charge in [-0.3, -0.25) is 4.90 Å². The first-order chi connectivity index (χ1) is 9.44. The highest BCUT2D eigenvalue weighted by Gasteiger charge is 2.19. The maximum absolute atomic E-state index is 5.15. The number of hydrogen-bond donors (Lipinski definition) is 1. The quantitative estimate of drug-likeness (QED) is 0.740. The van der Waals surface area contributed by atoms with Gasteiger partial charge in [0.05, 0.1) is 0 Å². The van der Waals surface area contributed by atoms with Crippen LogP contribution in [0.1, 0.15) is 38.8 Å². The number of nitrogens with zero attached hydrogens (tertiary/aromatic N) is 1. The van der Waals surface area contributed by atoms with Crippen molar-refractivity contribution in [3.05, 3.63) is 35.9 Å². The van der Waals surface area contributed by atoms with E-state index in [1.165, 1.54) is 5.56 Å². The molecule has 1 unspecified atom stereocenters. The van der Waals surface area contributed by atoms with Crippen molar-refractivity contribution in [3.8, 4) is 0 Å². The molecule has 0 bridgehead atoms. The van der Waals surface area contributed by atoms with Gasteiger partial charge in [-0.25, -0.2) is 0 Å². The van der Waals surface area contributed by atoms with E-state index < -0.39 is 0 Å². The van der Waals surface area contributed by atoms with E-state index in [0.29, 0.717) is 6.04 Å². The zero-order valence-electron chi connectivity index (χ0n) is 13.6. The Bertz CT molecular complexity index is 359. The lowest BCUT2D eigenvalue weighted by Crippen LogP contribution is -2.42. The Morgan fingerprint density at radius 1 is 1.20 bits per heavy atom.